The third-order valence-corrected chi connectivity index (χ3v) is 5.84. The van der Waals surface area contributed by atoms with Gasteiger partial charge in [0.25, 0.3) is 0 Å². The number of halogens is 2. The van der Waals surface area contributed by atoms with Crippen molar-refractivity contribution in [1.82, 2.24) is 9.62 Å². The molecule has 2 atom stereocenters. The molecule has 1 amide bonds. The Kier molecular flexibility index (Phi) is 5.89. The summed E-state index contributed by atoms with van der Waals surface area (Å²) < 4.78 is 56.4. The van der Waals surface area contributed by atoms with Gasteiger partial charge < -0.3 is 10.1 Å². The van der Waals surface area contributed by atoms with Crippen LogP contribution in [0.25, 0.3) is 0 Å². The average Bonchev–Trinajstić information content (AvgIpc) is 2.89. The highest BCUT2D eigenvalue weighted by Crippen LogP contribution is 2.17. The van der Waals surface area contributed by atoms with E-state index in [1.165, 1.54) is 20.2 Å². The van der Waals surface area contributed by atoms with Crippen molar-refractivity contribution in [1.29, 1.82) is 0 Å². The summed E-state index contributed by atoms with van der Waals surface area (Å²) in [5, 5.41) is 2.71. The molecule has 1 aromatic carbocycles. The molecule has 9 heteroatoms. The highest BCUT2D eigenvalue weighted by Gasteiger charge is 2.34. The van der Waals surface area contributed by atoms with Gasteiger partial charge in [0.05, 0.1) is 31.4 Å². The zero-order valence-electron chi connectivity index (χ0n) is 13.5. The van der Waals surface area contributed by atoms with Crippen molar-refractivity contribution < 1.29 is 26.7 Å². The lowest BCUT2D eigenvalue weighted by Crippen LogP contribution is -2.44. The van der Waals surface area contributed by atoms with E-state index in [1.54, 1.807) is 0 Å². The highest BCUT2D eigenvalue weighted by atomic mass is 32.2. The Bertz CT molecular complexity index is 709. The number of carbonyl (C=O) groups excluding carboxylic acids is 1. The number of nitrogens with zero attached hydrogens (tertiary/aromatic N) is 1. The van der Waals surface area contributed by atoms with Crippen LogP contribution >= 0.6 is 0 Å². The number of ether oxygens (including phenoxy) is 1. The fraction of sp³-hybridized carbons (Fsp3) is 0.533. The van der Waals surface area contributed by atoms with Crippen molar-refractivity contribution in [2.45, 2.75) is 12.5 Å². The minimum absolute atomic E-state index is 0.124. The summed E-state index contributed by atoms with van der Waals surface area (Å²) in [6.07, 6.45) is -0.124. The van der Waals surface area contributed by atoms with Gasteiger partial charge in [-0.05, 0) is 17.7 Å². The first-order valence-corrected chi connectivity index (χ1v) is 9.01. The number of benzene rings is 1. The van der Waals surface area contributed by atoms with Crippen LogP contribution in [-0.4, -0.2) is 57.7 Å². The van der Waals surface area contributed by atoms with Crippen molar-refractivity contribution in [2.24, 2.45) is 5.92 Å². The fourth-order valence-electron chi connectivity index (χ4n) is 2.43. The molecule has 134 valence electrons. The molecule has 1 N–H and O–H groups in total. The second-order valence-corrected chi connectivity index (χ2v) is 8.19. The summed E-state index contributed by atoms with van der Waals surface area (Å²) in [7, 11) is -0.516. The molecule has 2 rings (SSSR count). The highest BCUT2D eigenvalue weighted by molar-refractivity contribution is 7.89. The molecule has 24 heavy (non-hydrogen) atoms. The summed E-state index contributed by atoms with van der Waals surface area (Å²) >= 11 is 0. The quantitative estimate of drug-likeness (QED) is 0.801. The SMILES string of the molecule is CN(C)S(=O)(=O)C[C@@H]1COC[C@H]1NC(=O)Cc1ccc(F)c(F)c1. The molecular weight excluding hydrogens is 342 g/mol. The largest absolute Gasteiger partial charge is 0.379 e. The van der Waals surface area contributed by atoms with Crippen LogP contribution in [0.15, 0.2) is 18.2 Å². The van der Waals surface area contributed by atoms with Crippen LogP contribution < -0.4 is 5.32 Å². The van der Waals surface area contributed by atoms with Crippen molar-refractivity contribution in [3.05, 3.63) is 35.4 Å². The van der Waals surface area contributed by atoms with E-state index in [4.69, 9.17) is 4.74 Å². The number of hydrogen-bond acceptors (Lipinski definition) is 4. The number of hydrogen-bond donors (Lipinski definition) is 1. The van der Waals surface area contributed by atoms with Crippen molar-refractivity contribution in [3.63, 3.8) is 0 Å². The molecule has 0 unspecified atom stereocenters. The van der Waals surface area contributed by atoms with Gasteiger partial charge >= 0.3 is 0 Å². The van der Waals surface area contributed by atoms with Crippen molar-refractivity contribution in [3.8, 4) is 0 Å². The van der Waals surface area contributed by atoms with Gasteiger partial charge in [-0.2, -0.15) is 0 Å². The molecular formula is C15H20F2N2O4S. The van der Waals surface area contributed by atoms with E-state index in [-0.39, 0.29) is 31.3 Å². The third kappa shape index (κ3) is 4.71. The van der Waals surface area contributed by atoms with Crippen LogP contribution in [0.2, 0.25) is 0 Å². The fourth-order valence-corrected chi connectivity index (χ4v) is 3.60. The minimum Gasteiger partial charge on any atom is -0.379 e. The molecule has 0 radical (unpaired) electrons. The summed E-state index contributed by atoms with van der Waals surface area (Å²) in [6, 6.07) is 2.83. The lowest BCUT2D eigenvalue weighted by Gasteiger charge is -2.21. The zero-order chi connectivity index (χ0) is 17.9. The molecule has 1 aliphatic heterocycles. The predicted molar refractivity (Wildman–Crippen MR) is 83.8 cm³/mol. The molecule has 0 saturated carbocycles. The van der Waals surface area contributed by atoms with E-state index >= 15 is 0 Å². The standard InChI is InChI=1S/C15H20F2N2O4S/c1-19(2)24(21,22)9-11-7-23-8-14(11)18-15(20)6-10-3-4-12(16)13(17)5-10/h3-5,11,14H,6-9H2,1-2H3,(H,18,20)/t11-,14+/m0/s1. The number of carbonyl (C=O) groups is 1. The maximum Gasteiger partial charge on any atom is 0.224 e. The first kappa shape index (κ1) is 18.8. The molecule has 0 spiro atoms. The minimum atomic E-state index is -3.41. The second-order valence-electron chi connectivity index (χ2n) is 5.96. The first-order valence-electron chi connectivity index (χ1n) is 7.40. The number of rotatable bonds is 6. The van der Waals surface area contributed by atoms with Crippen LogP contribution in [0.3, 0.4) is 0 Å². The topological polar surface area (TPSA) is 75.7 Å². The van der Waals surface area contributed by atoms with E-state index in [9.17, 15) is 22.0 Å². The van der Waals surface area contributed by atoms with E-state index in [0.717, 1.165) is 16.4 Å². The van der Waals surface area contributed by atoms with Crippen molar-refractivity contribution in [2.75, 3.05) is 33.1 Å². The predicted octanol–water partition coefficient (Wildman–Crippen LogP) is 0.530. The van der Waals surface area contributed by atoms with Crippen molar-refractivity contribution >= 4 is 15.9 Å². The Balaban J connectivity index is 1.96. The van der Waals surface area contributed by atoms with Gasteiger partial charge in [0, 0.05) is 20.0 Å². The molecule has 1 aliphatic rings. The Morgan fingerprint density at radius 3 is 2.62 bits per heavy atom. The van der Waals surface area contributed by atoms with Crippen LogP contribution in [0.1, 0.15) is 5.56 Å². The molecule has 1 aromatic rings. The van der Waals surface area contributed by atoms with Gasteiger partial charge in [-0.1, -0.05) is 6.07 Å². The summed E-state index contributed by atoms with van der Waals surface area (Å²) in [5.74, 6) is -2.87. The zero-order valence-corrected chi connectivity index (χ0v) is 14.3. The Morgan fingerprint density at radius 1 is 1.29 bits per heavy atom. The van der Waals surface area contributed by atoms with Crippen LogP contribution in [0.4, 0.5) is 8.78 Å². The third-order valence-electron chi connectivity index (χ3n) is 3.87. The van der Waals surface area contributed by atoms with Crippen LogP contribution in [0.5, 0.6) is 0 Å². The maximum absolute atomic E-state index is 13.2. The average molecular weight is 362 g/mol. The van der Waals surface area contributed by atoms with Gasteiger partial charge in [0.1, 0.15) is 0 Å². The van der Waals surface area contributed by atoms with Gasteiger partial charge in [-0.3, -0.25) is 4.79 Å². The van der Waals surface area contributed by atoms with E-state index in [1.807, 2.05) is 0 Å². The number of nitrogens with one attached hydrogen (secondary N) is 1. The molecule has 0 bridgehead atoms. The Labute approximate surface area is 139 Å². The van der Waals surface area contributed by atoms with E-state index in [0.29, 0.717) is 5.56 Å². The van der Waals surface area contributed by atoms with Gasteiger partial charge in [-0.25, -0.2) is 21.5 Å². The first-order chi connectivity index (χ1) is 11.2. The molecule has 6 nitrogen and oxygen atoms in total. The normalized spacial score (nSPS) is 21.2. The summed E-state index contributed by atoms with van der Waals surface area (Å²) in [5.41, 5.74) is 0.336. The molecule has 1 saturated heterocycles. The lowest BCUT2D eigenvalue weighted by atomic mass is 10.1. The number of amides is 1. The summed E-state index contributed by atoms with van der Waals surface area (Å²) in [4.78, 5) is 12.1. The van der Waals surface area contributed by atoms with E-state index in [2.05, 4.69) is 5.32 Å². The Morgan fingerprint density at radius 2 is 2.00 bits per heavy atom. The Hall–Kier alpha value is -1.58. The molecule has 0 aromatic heterocycles. The second kappa shape index (κ2) is 7.54. The number of sulfonamides is 1. The van der Waals surface area contributed by atoms with Gasteiger partial charge in [0.15, 0.2) is 11.6 Å². The molecule has 1 heterocycles. The molecule has 1 fully saturated rings. The van der Waals surface area contributed by atoms with E-state index < -0.39 is 33.6 Å². The lowest BCUT2D eigenvalue weighted by molar-refractivity contribution is -0.121. The van der Waals surface area contributed by atoms with Gasteiger partial charge in [-0.15, -0.1) is 0 Å². The van der Waals surface area contributed by atoms with Crippen LogP contribution in [-0.2, 0) is 26.0 Å². The van der Waals surface area contributed by atoms with Gasteiger partial charge in [0.2, 0.25) is 15.9 Å². The summed E-state index contributed by atoms with van der Waals surface area (Å²) in [6.45, 7) is 0.459. The van der Waals surface area contributed by atoms with Crippen LogP contribution in [0, 0.1) is 17.6 Å². The molecule has 0 aliphatic carbocycles. The maximum atomic E-state index is 13.2. The monoisotopic (exact) mass is 362 g/mol. The smallest absolute Gasteiger partial charge is 0.224 e.